The molecule has 2 aromatic rings. The van der Waals surface area contributed by atoms with Crippen LogP contribution >= 0.6 is 0 Å². The molecule has 2 unspecified atom stereocenters. The van der Waals surface area contributed by atoms with Gasteiger partial charge in [0.15, 0.2) is 0 Å². The number of hydrogen-bond donors (Lipinski definition) is 3. The van der Waals surface area contributed by atoms with Gasteiger partial charge in [-0.05, 0) is 57.6 Å². The lowest BCUT2D eigenvalue weighted by Gasteiger charge is -2.30. The average Bonchev–Trinajstić information content (AvgIpc) is 3.38. The predicted octanol–water partition coefficient (Wildman–Crippen LogP) is 1.62. The van der Waals surface area contributed by atoms with Crippen LogP contribution in [0.5, 0.6) is 0 Å². The predicted molar refractivity (Wildman–Crippen MR) is 114 cm³/mol. The van der Waals surface area contributed by atoms with Gasteiger partial charge in [0, 0.05) is 36.5 Å². The fraction of sp³-hybridized carbons (Fsp3) is 0.571. The molecule has 29 heavy (non-hydrogen) atoms. The summed E-state index contributed by atoms with van der Waals surface area (Å²) in [6.45, 7) is 7.21. The van der Waals surface area contributed by atoms with Crippen molar-refractivity contribution in [3.05, 3.63) is 32.5 Å². The average molecular weight is 396 g/mol. The highest BCUT2D eigenvalue weighted by Gasteiger charge is 2.37. The SMILES string of the molecule is Cc1c(N2CCC(C(N)C(C)(C)C#N)C2)cc(N)c2c(=O)[nH]c(=O)n(C3CC3)c12. The molecule has 2 atom stereocenters. The molecule has 2 fully saturated rings. The maximum atomic E-state index is 12.5. The van der Waals surface area contributed by atoms with Crippen LogP contribution < -0.4 is 27.6 Å². The molecule has 154 valence electrons. The highest BCUT2D eigenvalue weighted by Crippen LogP contribution is 2.40. The second kappa shape index (κ2) is 6.63. The van der Waals surface area contributed by atoms with Crippen molar-refractivity contribution in [1.29, 1.82) is 5.26 Å². The number of nitrogens with one attached hydrogen (secondary N) is 1. The van der Waals surface area contributed by atoms with Crippen LogP contribution in [-0.2, 0) is 0 Å². The Morgan fingerprint density at radius 1 is 1.31 bits per heavy atom. The zero-order valence-corrected chi connectivity index (χ0v) is 17.2. The molecule has 8 heteroatoms. The van der Waals surface area contributed by atoms with E-state index < -0.39 is 11.0 Å². The van der Waals surface area contributed by atoms with Gasteiger partial charge in [-0.15, -0.1) is 0 Å². The van der Waals surface area contributed by atoms with E-state index in [0.29, 0.717) is 16.6 Å². The van der Waals surface area contributed by atoms with Crippen LogP contribution in [-0.4, -0.2) is 28.7 Å². The van der Waals surface area contributed by atoms with Gasteiger partial charge in [-0.2, -0.15) is 5.26 Å². The summed E-state index contributed by atoms with van der Waals surface area (Å²) in [6, 6.07) is 4.03. The van der Waals surface area contributed by atoms with Gasteiger partial charge in [0.1, 0.15) is 0 Å². The summed E-state index contributed by atoms with van der Waals surface area (Å²) >= 11 is 0. The van der Waals surface area contributed by atoms with Crippen LogP contribution in [0, 0.1) is 29.6 Å². The van der Waals surface area contributed by atoms with Gasteiger partial charge in [0.25, 0.3) is 5.56 Å². The van der Waals surface area contributed by atoms with Crippen molar-refractivity contribution >= 4 is 22.3 Å². The summed E-state index contributed by atoms with van der Waals surface area (Å²) < 4.78 is 1.70. The lowest BCUT2D eigenvalue weighted by Crippen LogP contribution is -2.43. The van der Waals surface area contributed by atoms with Gasteiger partial charge in [0.2, 0.25) is 0 Å². The first-order valence-corrected chi connectivity index (χ1v) is 10.1. The van der Waals surface area contributed by atoms with E-state index in [2.05, 4.69) is 16.0 Å². The fourth-order valence-corrected chi connectivity index (χ4v) is 4.61. The third kappa shape index (κ3) is 3.10. The minimum Gasteiger partial charge on any atom is -0.398 e. The summed E-state index contributed by atoms with van der Waals surface area (Å²) in [5.41, 5.74) is 14.1. The summed E-state index contributed by atoms with van der Waals surface area (Å²) in [5.74, 6) is 0.186. The largest absolute Gasteiger partial charge is 0.398 e. The van der Waals surface area contributed by atoms with Crippen molar-refractivity contribution in [2.45, 2.75) is 52.1 Å². The van der Waals surface area contributed by atoms with Crippen LogP contribution in [0.25, 0.3) is 10.9 Å². The second-order valence-electron chi connectivity index (χ2n) is 9.05. The highest BCUT2D eigenvalue weighted by molar-refractivity contribution is 5.96. The normalized spacial score (nSPS) is 20.8. The number of H-pyrrole nitrogens is 1. The number of rotatable bonds is 4. The first-order chi connectivity index (χ1) is 13.7. The molecular formula is C21H28N6O2. The molecule has 2 heterocycles. The molecule has 1 saturated carbocycles. The molecular weight excluding hydrogens is 368 g/mol. The zero-order chi connectivity index (χ0) is 21.1. The number of nitriles is 1. The molecule has 2 aliphatic rings. The lowest BCUT2D eigenvalue weighted by molar-refractivity contribution is 0.294. The molecule has 5 N–H and O–H groups in total. The van der Waals surface area contributed by atoms with Crippen molar-refractivity contribution in [2.24, 2.45) is 17.1 Å². The van der Waals surface area contributed by atoms with Gasteiger partial charge in [0.05, 0.1) is 22.4 Å². The van der Waals surface area contributed by atoms with Gasteiger partial charge in [-0.3, -0.25) is 14.3 Å². The topological polar surface area (TPSA) is 134 Å². The van der Waals surface area contributed by atoms with Gasteiger partial charge >= 0.3 is 5.69 Å². The van der Waals surface area contributed by atoms with Crippen LogP contribution in [0.3, 0.4) is 0 Å². The third-order valence-corrected chi connectivity index (χ3v) is 6.57. The molecule has 8 nitrogen and oxygen atoms in total. The maximum Gasteiger partial charge on any atom is 0.329 e. The van der Waals surface area contributed by atoms with Crippen molar-refractivity contribution in [3.63, 3.8) is 0 Å². The first-order valence-electron chi connectivity index (χ1n) is 10.1. The number of benzene rings is 1. The number of aryl methyl sites for hydroxylation is 1. The molecule has 0 radical (unpaired) electrons. The molecule has 1 aliphatic carbocycles. The van der Waals surface area contributed by atoms with E-state index in [0.717, 1.165) is 43.6 Å². The number of anilines is 2. The zero-order valence-electron chi connectivity index (χ0n) is 17.2. The Kier molecular flexibility index (Phi) is 4.46. The van der Waals surface area contributed by atoms with Crippen LogP contribution in [0.2, 0.25) is 0 Å². The number of hydrogen-bond acceptors (Lipinski definition) is 6. The minimum absolute atomic E-state index is 0.117. The minimum atomic E-state index is -0.599. The van der Waals surface area contributed by atoms with E-state index in [4.69, 9.17) is 11.5 Å². The molecule has 1 saturated heterocycles. The number of nitrogens with two attached hydrogens (primary N) is 2. The van der Waals surface area contributed by atoms with Crippen molar-refractivity contribution in [3.8, 4) is 6.07 Å². The van der Waals surface area contributed by atoms with Gasteiger partial charge < -0.3 is 16.4 Å². The highest BCUT2D eigenvalue weighted by atomic mass is 16.2. The van der Waals surface area contributed by atoms with Crippen LogP contribution in [0.1, 0.15) is 44.7 Å². The number of nitrogen functional groups attached to an aromatic ring is 1. The van der Waals surface area contributed by atoms with E-state index in [1.165, 1.54) is 0 Å². The van der Waals surface area contributed by atoms with Crippen molar-refractivity contribution < 1.29 is 0 Å². The van der Waals surface area contributed by atoms with E-state index in [1.54, 1.807) is 4.57 Å². The van der Waals surface area contributed by atoms with Crippen molar-refractivity contribution in [1.82, 2.24) is 9.55 Å². The third-order valence-electron chi connectivity index (χ3n) is 6.57. The Morgan fingerprint density at radius 3 is 2.62 bits per heavy atom. The Labute approximate surface area is 169 Å². The van der Waals surface area contributed by atoms with E-state index in [1.807, 2.05) is 26.8 Å². The Bertz CT molecular complexity index is 1140. The molecule has 0 amide bonds. The van der Waals surface area contributed by atoms with E-state index in [-0.39, 0.29) is 23.7 Å². The molecule has 1 aliphatic heterocycles. The van der Waals surface area contributed by atoms with Crippen molar-refractivity contribution in [2.75, 3.05) is 23.7 Å². The van der Waals surface area contributed by atoms with Gasteiger partial charge in [-0.25, -0.2) is 4.79 Å². The second-order valence-corrected chi connectivity index (χ2v) is 9.05. The smallest absolute Gasteiger partial charge is 0.329 e. The molecule has 4 rings (SSSR count). The van der Waals surface area contributed by atoms with Gasteiger partial charge in [-0.1, -0.05) is 0 Å². The summed E-state index contributed by atoms with van der Waals surface area (Å²) in [5, 5.41) is 9.81. The summed E-state index contributed by atoms with van der Waals surface area (Å²) in [6.07, 6.45) is 2.73. The molecule has 0 bridgehead atoms. The number of aromatic amines is 1. The number of aromatic nitrogens is 2. The van der Waals surface area contributed by atoms with E-state index >= 15 is 0 Å². The Hall–Kier alpha value is -2.79. The number of nitrogens with zero attached hydrogens (tertiary/aromatic N) is 3. The van der Waals surface area contributed by atoms with E-state index in [9.17, 15) is 14.9 Å². The molecule has 1 aromatic carbocycles. The summed E-state index contributed by atoms with van der Waals surface area (Å²) in [7, 11) is 0. The van der Waals surface area contributed by atoms with Crippen LogP contribution in [0.15, 0.2) is 15.7 Å². The standard InChI is InChI=1S/C21H28N6O2/c1-11-15(26-7-6-12(9-26)18(24)21(2,3)10-22)8-14(23)16-17(11)27(13-4-5-13)20(29)25-19(16)28/h8,12-13,18H,4-7,9,23-24H2,1-3H3,(H,25,28,29). The quantitative estimate of drug-likeness (QED) is 0.672. The number of fused-ring (bicyclic) bond motifs is 1. The molecule has 1 aromatic heterocycles. The Morgan fingerprint density at radius 2 is 2.00 bits per heavy atom. The maximum absolute atomic E-state index is 12.5. The monoisotopic (exact) mass is 396 g/mol. The fourth-order valence-electron chi connectivity index (χ4n) is 4.61. The molecule has 0 spiro atoms. The van der Waals surface area contributed by atoms with Crippen LogP contribution in [0.4, 0.5) is 11.4 Å². The summed E-state index contributed by atoms with van der Waals surface area (Å²) in [4.78, 5) is 29.6. The first kappa shape index (κ1) is 19.5. The lowest BCUT2D eigenvalue weighted by atomic mass is 9.79. The Balaban J connectivity index is 1.80.